The maximum Gasteiger partial charge on any atom is 0.258 e. The van der Waals surface area contributed by atoms with Crippen LogP contribution in [0.3, 0.4) is 0 Å². The highest BCUT2D eigenvalue weighted by atomic mass is 19.1. The first-order chi connectivity index (χ1) is 10.6. The van der Waals surface area contributed by atoms with Gasteiger partial charge in [0.2, 0.25) is 0 Å². The number of halogens is 1. The zero-order valence-electron chi connectivity index (χ0n) is 11.9. The Morgan fingerprint density at radius 2 is 2.14 bits per heavy atom. The van der Waals surface area contributed by atoms with Gasteiger partial charge < -0.3 is 10.1 Å². The van der Waals surface area contributed by atoms with Gasteiger partial charge in [0.05, 0.1) is 6.04 Å². The zero-order valence-corrected chi connectivity index (χ0v) is 11.9. The molecule has 1 aromatic carbocycles. The van der Waals surface area contributed by atoms with E-state index in [1.54, 1.807) is 19.1 Å². The van der Waals surface area contributed by atoms with Crippen molar-refractivity contribution in [3.05, 3.63) is 59.7 Å². The van der Waals surface area contributed by atoms with Crippen LogP contribution >= 0.6 is 0 Å². The van der Waals surface area contributed by atoms with Crippen LogP contribution in [-0.2, 0) is 4.79 Å². The molecule has 1 aromatic heterocycles. The predicted octanol–water partition coefficient (Wildman–Crippen LogP) is 2.35. The van der Waals surface area contributed by atoms with E-state index < -0.39 is 0 Å². The molecule has 5 nitrogen and oxygen atoms in total. The third-order valence-corrected chi connectivity index (χ3v) is 3.01. The van der Waals surface area contributed by atoms with Gasteiger partial charge in [-0.2, -0.15) is 5.26 Å². The van der Waals surface area contributed by atoms with Gasteiger partial charge in [-0.3, -0.25) is 9.78 Å². The summed E-state index contributed by atoms with van der Waals surface area (Å²) in [6.07, 6.45) is 2.85. The third kappa shape index (κ3) is 4.03. The molecular weight excluding hydrogens is 285 g/mol. The van der Waals surface area contributed by atoms with E-state index in [0.29, 0.717) is 5.75 Å². The molecule has 0 saturated heterocycles. The lowest BCUT2D eigenvalue weighted by atomic mass is 10.1. The molecule has 1 heterocycles. The first-order valence-electron chi connectivity index (χ1n) is 6.62. The third-order valence-electron chi connectivity index (χ3n) is 3.01. The van der Waals surface area contributed by atoms with E-state index in [0.717, 1.165) is 5.56 Å². The molecule has 1 N–H and O–H groups in total. The van der Waals surface area contributed by atoms with E-state index in [4.69, 9.17) is 10.00 Å². The van der Waals surface area contributed by atoms with E-state index in [1.165, 1.54) is 30.6 Å². The number of hydrogen-bond acceptors (Lipinski definition) is 4. The topological polar surface area (TPSA) is 75.0 Å². The second-order valence-electron chi connectivity index (χ2n) is 4.61. The molecule has 0 saturated carbocycles. The molecule has 2 aromatic rings. The van der Waals surface area contributed by atoms with Gasteiger partial charge in [0.25, 0.3) is 5.91 Å². The number of rotatable bonds is 5. The monoisotopic (exact) mass is 299 g/mol. The number of carbonyl (C=O) groups is 1. The first kappa shape index (κ1) is 15.4. The first-order valence-corrected chi connectivity index (χ1v) is 6.62. The van der Waals surface area contributed by atoms with Crippen LogP contribution in [0.4, 0.5) is 4.39 Å². The van der Waals surface area contributed by atoms with Gasteiger partial charge in [-0.25, -0.2) is 4.39 Å². The zero-order chi connectivity index (χ0) is 15.9. The summed E-state index contributed by atoms with van der Waals surface area (Å²) in [6.45, 7) is 1.57. The molecule has 112 valence electrons. The van der Waals surface area contributed by atoms with Crippen LogP contribution in [0, 0.1) is 17.1 Å². The smallest absolute Gasteiger partial charge is 0.258 e. The fourth-order valence-corrected chi connectivity index (χ4v) is 1.85. The fourth-order valence-electron chi connectivity index (χ4n) is 1.85. The Labute approximate surface area is 127 Å². The summed E-state index contributed by atoms with van der Waals surface area (Å²) in [7, 11) is 0. The molecule has 0 aliphatic rings. The van der Waals surface area contributed by atoms with Crippen molar-refractivity contribution in [2.24, 2.45) is 0 Å². The molecule has 0 spiro atoms. The summed E-state index contributed by atoms with van der Waals surface area (Å²) in [6, 6.07) is 9.08. The maximum atomic E-state index is 12.9. The second-order valence-corrected chi connectivity index (χ2v) is 4.61. The number of benzene rings is 1. The molecule has 22 heavy (non-hydrogen) atoms. The summed E-state index contributed by atoms with van der Waals surface area (Å²) in [4.78, 5) is 15.7. The summed E-state index contributed by atoms with van der Waals surface area (Å²) in [5.74, 6) is -0.355. The van der Waals surface area contributed by atoms with Gasteiger partial charge in [-0.05, 0) is 30.7 Å². The average molecular weight is 299 g/mol. The van der Waals surface area contributed by atoms with Crippen molar-refractivity contribution in [1.82, 2.24) is 10.3 Å². The van der Waals surface area contributed by atoms with Crippen LogP contribution in [0.2, 0.25) is 0 Å². The van der Waals surface area contributed by atoms with Crippen LogP contribution in [0.5, 0.6) is 5.75 Å². The Hall–Kier alpha value is -2.94. The van der Waals surface area contributed by atoms with Gasteiger partial charge in [0.15, 0.2) is 6.61 Å². The molecule has 0 bridgehead atoms. The molecule has 0 radical (unpaired) electrons. The maximum absolute atomic E-state index is 12.9. The predicted molar refractivity (Wildman–Crippen MR) is 77.4 cm³/mol. The lowest BCUT2D eigenvalue weighted by Crippen LogP contribution is -2.31. The quantitative estimate of drug-likeness (QED) is 0.919. The number of pyridine rings is 1. The van der Waals surface area contributed by atoms with E-state index in [-0.39, 0.29) is 29.9 Å². The number of nitriles is 1. The summed E-state index contributed by atoms with van der Waals surface area (Å²) in [5, 5.41) is 11.6. The fraction of sp³-hybridized carbons (Fsp3) is 0.188. The average Bonchev–Trinajstić information content (AvgIpc) is 2.53. The van der Waals surface area contributed by atoms with Crippen molar-refractivity contribution in [3.8, 4) is 11.8 Å². The van der Waals surface area contributed by atoms with Crippen LogP contribution in [0.25, 0.3) is 0 Å². The van der Waals surface area contributed by atoms with Crippen molar-refractivity contribution in [2.75, 3.05) is 6.61 Å². The largest absolute Gasteiger partial charge is 0.482 e. The Morgan fingerprint density at radius 1 is 1.41 bits per heavy atom. The molecule has 0 aliphatic heterocycles. The molecule has 6 heteroatoms. The SMILES string of the molecule is C[C@@H](NC(=O)COc1ccncc1C#N)c1ccc(F)cc1. The summed E-state index contributed by atoms with van der Waals surface area (Å²) in [5.41, 5.74) is 1.05. The molecule has 1 atom stereocenters. The van der Waals surface area contributed by atoms with Crippen LogP contribution in [-0.4, -0.2) is 17.5 Å². The highest BCUT2D eigenvalue weighted by molar-refractivity contribution is 5.78. The van der Waals surface area contributed by atoms with Gasteiger partial charge in [-0.1, -0.05) is 12.1 Å². The van der Waals surface area contributed by atoms with Crippen molar-refractivity contribution < 1.29 is 13.9 Å². The number of hydrogen-bond donors (Lipinski definition) is 1. The van der Waals surface area contributed by atoms with E-state index in [9.17, 15) is 9.18 Å². The van der Waals surface area contributed by atoms with Crippen molar-refractivity contribution in [2.45, 2.75) is 13.0 Å². The van der Waals surface area contributed by atoms with Crippen LogP contribution in [0.15, 0.2) is 42.7 Å². The molecule has 0 fully saturated rings. The van der Waals surface area contributed by atoms with Crippen molar-refractivity contribution in [3.63, 3.8) is 0 Å². The number of nitrogens with zero attached hydrogens (tertiary/aromatic N) is 2. The molecule has 1 amide bonds. The minimum absolute atomic E-state index is 0.218. The second kappa shape index (κ2) is 7.18. The minimum atomic E-state index is -0.336. The number of aromatic nitrogens is 1. The van der Waals surface area contributed by atoms with E-state index >= 15 is 0 Å². The Morgan fingerprint density at radius 3 is 2.82 bits per heavy atom. The van der Waals surface area contributed by atoms with E-state index in [1.807, 2.05) is 6.07 Å². The lowest BCUT2D eigenvalue weighted by molar-refractivity contribution is -0.123. The van der Waals surface area contributed by atoms with Gasteiger partial charge in [0, 0.05) is 12.4 Å². The Balaban J connectivity index is 1.90. The summed E-state index contributed by atoms with van der Waals surface area (Å²) < 4.78 is 18.2. The summed E-state index contributed by atoms with van der Waals surface area (Å²) >= 11 is 0. The van der Waals surface area contributed by atoms with Crippen LogP contribution < -0.4 is 10.1 Å². The highest BCUT2D eigenvalue weighted by Crippen LogP contribution is 2.15. The molecular formula is C16H14FN3O2. The van der Waals surface area contributed by atoms with E-state index in [2.05, 4.69) is 10.3 Å². The molecule has 0 unspecified atom stereocenters. The normalized spacial score (nSPS) is 11.3. The van der Waals surface area contributed by atoms with Crippen molar-refractivity contribution in [1.29, 1.82) is 5.26 Å². The number of nitrogens with one attached hydrogen (secondary N) is 1. The highest BCUT2D eigenvalue weighted by Gasteiger charge is 2.11. The van der Waals surface area contributed by atoms with Crippen LogP contribution in [0.1, 0.15) is 24.1 Å². The number of ether oxygens (including phenoxy) is 1. The van der Waals surface area contributed by atoms with Gasteiger partial charge in [0.1, 0.15) is 23.2 Å². The minimum Gasteiger partial charge on any atom is -0.482 e. The molecule has 0 aliphatic carbocycles. The standard InChI is InChI=1S/C16H14FN3O2/c1-11(12-2-4-14(17)5-3-12)20-16(21)10-22-15-6-7-19-9-13(15)8-18/h2-7,9,11H,10H2,1H3,(H,20,21)/t11-/m1/s1. The lowest BCUT2D eigenvalue weighted by Gasteiger charge is -2.15. The van der Waals surface area contributed by atoms with Gasteiger partial charge >= 0.3 is 0 Å². The van der Waals surface area contributed by atoms with Gasteiger partial charge in [-0.15, -0.1) is 0 Å². The Kier molecular flexibility index (Phi) is 5.04. The molecule has 2 rings (SSSR count). The van der Waals surface area contributed by atoms with Crippen molar-refractivity contribution >= 4 is 5.91 Å². The number of carbonyl (C=O) groups excluding carboxylic acids is 1. The number of amides is 1. The Bertz CT molecular complexity index is 695.